The van der Waals surface area contributed by atoms with Crippen molar-refractivity contribution in [1.29, 1.82) is 0 Å². The van der Waals surface area contributed by atoms with Crippen molar-refractivity contribution in [3.8, 4) is 5.75 Å². The van der Waals surface area contributed by atoms with Gasteiger partial charge in [0.05, 0.1) is 6.54 Å². The number of hydrogen-bond acceptors (Lipinski definition) is 3. The summed E-state index contributed by atoms with van der Waals surface area (Å²) in [7, 11) is 1.73. The van der Waals surface area contributed by atoms with Crippen LogP contribution >= 0.6 is 0 Å². The first-order valence-electron chi connectivity index (χ1n) is 7.92. The molecule has 0 bridgehead atoms. The highest BCUT2D eigenvalue weighted by atomic mass is 19.1. The average molecular weight is 322 g/mol. The third kappa shape index (κ3) is 4.94. The largest absolute Gasteiger partial charge is 0.489 e. The van der Waals surface area contributed by atoms with Crippen molar-refractivity contribution in [3.05, 3.63) is 30.1 Å². The molecule has 1 aromatic rings. The van der Waals surface area contributed by atoms with Crippen molar-refractivity contribution >= 4 is 11.8 Å². The van der Waals surface area contributed by atoms with Gasteiger partial charge in [0.1, 0.15) is 23.6 Å². The van der Waals surface area contributed by atoms with Gasteiger partial charge in [-0.2, -0.15) is 0 Å². The Bertz CT molecular complexity index is 565. The summed E-state index contributed by atoms with van der Waals surface area (Å²) in [6.45, 7) is 2.75. The van der Waals surface area contributed by atoms with Gasteiger partial charge in [0, 0.05) is 19.7 Å². The summed E-state index contributed by atoms with van der Waals surface area (Å²) in [5.74, 6) is -0.969. The molecule has 0 spiro atoms. The van der Waals surface area contributed by atoms with Crippen LogP contribution in [0, 0.1) is 11.7 Å². The molecule has 23 heavy (non-hydrogen) atoms. The number of nitrogens with one attached hydrogen (secondary N) is 1. The zero-order valence-corrected chi connectivity index (χ0v) is 13.5. The van der Waals surface area contributed by atoms with Gasteiger partial charge in [-0.15, -0.1) is 0 Å². The van der Waals surface area contributed by atoms with E-state index in [1.165, 1.54) is 12.1 Å². The fraction of sp³-hybridized carbons (Fsp3) is 0.529. The quantitative estimate of drug-likeness (QED) is 0.843. The van der Waals surface area contributed by atoms with Gasteiger partial charge in [-0.05, 0) is 31.9 Å². The Morgan fingerprint density at radius 3 is 3.00 bits per heavy atom. The zero-order valence-electron chi connectivity index (χ0n) is 13.5. The molecule has 1 saturated heterocycles. The number of amides is 2. The molecule has 1 aliphatic rings. The van der Waals surface area contributed by atoms with Gasteiger partial charge in [0.15, 0.2) is 0 Å². The summed E-state index contributed by atoms with van der Waals surface area (Å²) in [5.41, 5.74) is 0. The standard InChI is InChI=1S/C17H23FN2O3/c1-12(23-14-7-5-6-13(18)10-14)11-19-16(21)15-8-3-4-9-20(2)17(15)22/h5-7,10,12,15H,3-4,8-9,11H2,1-2H3,(H,19,21). The van der Waals surface area contributed by atoms with Gasteiger partial charge in [0.2, 0.25) is 11.8 Å². The van der Waals surface area contributed by atoms with Crippen LogP contribution in [-0.4, -0.2) is 43.0 Å². The third-order valence-corrected chi connectivity index (χ3v) is 3.92. The Balaban J connectivity index is 1.84. The number of likely N-dealkylation sites (tertiary alicyclic amines) is 1. The van der Waals surface area contributed by atoms with Crippen molar-refractivity contribution in [2.75, 3.05) is 20.1 Å². The maximum atomic E-state index is 13.1. The predicted molar refractivity (Wildman–Crippen MR) is 84.5 cm³/mol. The van der Waals surface area contributed by atoms with E-state index in [0.717, 1.165) is 12.8 Å². The molecule has 1 N–H and O–H groups in total. The minimum atomic E-state index is -0.621. The average Bonchev–Trinajstić information content (AvgIpc) is 2.67. The van der Waals surface area contributed by atoms with E-state index in [2.05, 4.69) is 5.32 Å². The van der Waals surface area contributed by atoms with E-state index in [-0.39, 0.29) is 30.3 Å². The van der Waals surface area contributed by atoms with Gasteiger partial charge in [-0.1, -0.05) is 12.5 Å². The van der Waals surface area contributed by atoms with E-state index < -0.39 is 5.92 Å². The number of ether oxygens (including phenoxy) is 1. The molecule has 2 amide bonds. The summed E-state index contributed by atoms with van der Waals surface area (Å²) >= 11 is 0. The molecule has 0 saturated carbocycles. The van der Waals surface area contributed by atoms with Crippen molar-refractivity contribution in [2.24, 2.45) is 5.92 Å². The van der Waals surface area contributed by atoms with E-state index in [0.29, 0.717) is 18.7 Å². The Hall–Kier alpha value is -2.11. The van der Waals surface area contributed by atoms with Crippen LogP contribution in [0.25, 0.3) is 0 Å². The molecule has 1 heterocycles. The molecule has 126 valence electrons. The molecule has 1 aromatic carbocycles. The molecule has 5 nitrogen and oxygen atoms in total. The first-order valence-corrected chi connectivity index (χ1v) is 7.92. The number of rotatable bonds is 5. The second kappa shape index (κ2) is 7.94. The number of carbonyl (C=O) groups excluding carboxylic acids is 2. The highest BCUT2D eigenvalue weighted by Crippen LogP contribution is 2.17. The molecule has 2 rings (SSSR count). The van der Waals surface area contributed by atoms with Crippen molar-refractivity contribution in [2.45, 2.75) is 32.3 Å². The third-order valence-electron chi connectivity index (χ3n) is 3.92. The van der Waals surface area contributed by atoms with Gasteiger partial charge in [-0.25, -0.2) is 4.39 Å². The van der Waals surface area contributed by atoms with Crippen LogP contribution in [0.5, 0.6) is 5.75 Å². The van der Waals surface area contributed by atoms with Crippen molar-refractivity contribution in [1.82, 2.24) is 10.2 Å². The van der Waals surface area contributed by atoms with E-state index in [4.69, 9.17) is 4.74 Å². The minimum absolute atomic E-state index is 0.126. The summed E-state index contributed by atoms with van der Waals surface area (Å²) in [6, 6.07) is 5.86. The fourth-order valence-electron chi connectivity index (χ4n) is 2.62. The van der Waals surface area contributed by atoms with Crippen LogP contribution < -0.4 is 10.1 Å². The number of carbonyl (C=O) groups is 2. The number of nitrogens with zero attached hydrogens (tertiary/aromatic N) is 1. The van der Waals surface area contributed by atoms with Crippen molar-refractivity contribution in [3.63, 3.8) is 0 Å². The Labute approximate surface area is 135 Å². The van der Waals surface area contributed by atoms with E-state index in [9.17, 15) is 14.0 Å². The molecule has 0 aromatic heterocycles. The first-order chi connectivity index (χ1) is 11.0. The van der Waals surface area contributed by atoms with Gasteiger partial charge >= 0.3 is 0 Å². The van der Waals surface area contributed by atoms with E-state index >= 15 is 0 Å². The smallest absolute Gasteiger partial charge is 0.234 e. The van der Waals surface area contributed by atoms with E-state index in [1.807, 2.05) is 0 Å². The Kier molecular flexibility index (Phi) is 5.96. The maximum Gasteiger partial charge on any atom is 0.234 e. The highest BCUT2D eigenvalue weighted by molar-refractivity contribution is 6.00. The molecule has 1 fully saturated rings. The van der Waals surface area contributed by atoms with Crippen LogP contribution in [-0.2, 0) is 9.59 Å². The molecule has 0 radical (unpaired) electrons. The predicted octanol–water partition coefficient (Wildman–Crippen LogP) is 1.97. The first kappa shape index (κ1) is 17.2. The van der Waals surface area contributed by atoms with Crippen LogP contribution in [0.4, 0.5) is 4.39 Å². The lowest BCUT2D eigenvalue weighted by Crippen LogP contribution is -2.43. The topological polar surface area (TPSA) is 58.6 Å². The number of hydrogen-bond donors (Lipinski definition) is 1. The molecule has 6 heteroatoms. The van der Waals surface area contributed by atoms with E-state index in [1.54, 1.807) is 31.0 Å². The summed E-state index contributed by atoms with van der Waals surface area (Å²) in [5, 5.41) is 2.76. The SMILES string of the molecule is CC(CNC(=O)C1CCCCN(C)C1=O)Oc1cccc(F)c1. The highest BCUT2D eigenvalue weighted by Gasteiger charge is 2.30. The number of halogens is 1. The summed E-state index contributed by atoms with van der Waals surface area (Å²) in [4.78, 5) is 26.0. The lowest BCUT2D eigenvalue weighted by Gasteiger charge is -2.21. The molecular formula is C17H23FN2O3. The monoisotopic (exact) mass is 322 g/mol. The molecule has 1 aliphatic heterocycles. The lowest BCUT2D eigenvalue weighted by molar-refractivity contribution is -0.140. The fourth-order valence-corrected chi connectivity index (χ4v) is 2.62. The summed E-state index contributed by atoms with van der Waals surface area (Å²) in [6.07, 6.45) is 2.04. The normalized spacial score (nSPS) is 19.9. The minimum Gasteiger partial charge on any atom is -0.489 e. The second-order valence-corrected chi connectivity index (χ2v) is 5.94. The maximum absolute atomic E-state index is 13.1. The van der Waals surface area contributed by atoms with Crippen molar-refractivity contribution < 1.29 is 18.7 Å². The molecular weight excluding hydrogens is 299 g/mol. The van der Waals surface area contributed by atoms with Gasteiger partial charge in [-0.3, -0.25) is 9.59 Å². The van der Waals surface area contributed by atoms with Crippen LogP contribution in [0.1, 0.15) is 26.2 Å². The Morgan fingerprint density at radius 2 is 2.26 bits per heavy atom. The summed E-state index contributed by atoms with van der Waals surface area (Å²) < 4.78 is 18.7. The van der Waals surface area contributed by atoms with Crippen LogP contribution in [0.3, 0.4) is 0 Å². The van der Waals surface area contributed by atoms with Gasteiger partial charge in [0.25, 0.3) is 0 Å². The Morgan fingerprint density at radius 1 is 1.48 bits per heavy atom. The molecule has 2 atom stereocenters. The second-order valence-electron chi connectivity index (χ2n) is 5.94. The zero-order chi connectivity index (χ0) is 16.8. The molecule has 2 unspecified atom stereocenters. The number of benzene rings is 1. The van der Waals surface area contributed by atoms with Crippen LogP contribution in [0.15, 0.2) is 24.3 Å². The van der Waals surface area contributed by atoms with Crippen LogP contribution in [0.2, 0.25) is 0 Å². The lowest BCUT2D eigenvalue weighted by atomic mass is 10.0. The molecule has 0 aliphatic carbocycles. The van der Waals surface area contributed by atoms with Gasteiger partial charge < -0.3 is 15.0 Å².